The zero-order valence-electron chi connectivity index (χ0n) is 16.3. The predicted molar refractivity (Wildman–Crippen MR) is 105 cm³/mol. The van der Waals surface area contributed by atoms with E-state index >= 15 is 0 Å². The van der Waals surface area contributed by atoms with Crippen LogP contribution in [0.1, 0.15) is 37.3 Å². The maximum atomic E-state index is 5.69. The third-order valence-electron chi connectivity index (χ3n) is 4.28. The summed E-state index contributed by atoms with van der Waals surface area (Å²) in [5.74, 6) is 1.70. The molecular formula is C20H33N3O3. The van der Waals surface area contributed by atoms with Gasteiger partial charge >= 0.3 is 0 Å². The lowest BCUT2D eigenvalue weighted by molar-refractivity contribution is 0.0168. The van der Waals surface area contributed by atoms with Crippen molar-refractivity contribution in [1.82, 2.24) is 10.6 Å². The average molecular weight is 364 g/mol. The van der Waals surface area contributed by atoms with Crippen molar-refractivity contribution in [3.63, 3.8) is 0 Å². The number of hydrogen-bond donors (Lipinski definition) is 2. The van der Waals surface area contributed by atoms with Crippen molar-refractivity contribution in [3.05, 3.63) is 29.3 Å². The molecule has 2 rings (SSSR count). The molecule has 26 heavy (non-hydrogen) atoms. The van der Waals surface area contributed by atoms with Crippen molar-refractivity contribution < 1.29 is 14.2 Å². The third kappa shape index (κ3) is 7.22. The highest BCUT2D eigenvalue weighted by atomic mass is 16.5. The van der Waals surface area contributed by atoms with Gasteiger partial charge in [0.25, 0.3) is 0 Å². The molecule has 1 fully saturated rings. The Bertz CT molecular complexity index is 557. The molecule has 6 heteroatoms. The van der Waals surface area contributed by atoms with E-state index in [-0.39, 0.29) is 0 Å². The van der Waals surface area contributed by atoms with Crippen molar-refractivity contribution in [2.45, 2.75) is 45.8 Å². The molecule has 2 N–H and O–H groups in total. The summed E-state index contributed by atoms with van der Waals surface area (Å²) < 4.78 is 16.7. The number of methoxy groups -OCH3 is 1. The summed E-state index contributed by atoms with van der Waals surface area (Å²) in [5, 5.41) is 6.63. The maximum absolute atomic E-state index is 5.69. The Morgan fingerprint density at radius 2 is 2.23 bits per heavy atom. The normalized spacial score (nSPS) is 17.3. The first-order chi connectivity index (χ1) is 12.7. The quantitative estimate of drug-likeness (QED) is 0.380. The molecule has 146 valence electrons. The van der Waals surface area contributed by atoms with Gasteiger partial charge in [-0.1, -0.05) is 12.1 Å². The number of benzene rings is 1. The zero-order valence-corrected chi connectivity index (χ0v) is 16.3. The van der Waals surface area contributed by atoms with Crippen LogP contribution in [0.2, 0.25) is 0 Å². The van der Waals surface area contributed by atoms with E-state index in [9.17, 15) is 0 Å². The summed E-state index contributed by atoms with van der Waals surface area (Å²) in [6.45, 7) is 8.67. The Kier molecular flexibility index (Phi) is 9.28. The van der Waals surface area contributed by atoms with Gasteiger partial charge in [0, 0.05) is 31.9 Å². The standard InChI is InChI=1S/C20H33N3O3/c1-4-21-20(22-10-6-11-25-15-18-7-5-12-26-18)23-14-17-9-8-16(2)13-19(17)24-3/h8-9,13,18H,4-7,10-12,14-15H2,1-3H3,(H2,21,22,23). The Hall–Kier alpha value is -1.79. The number of ether oxygens (including phenoxy) is 3. The molecule has 1 aromatic carbocycles. The number of aliphatic imine (C=N–C) groups is 1. The molecule has 0 aromatic heterocycles. The lowest BCUT2D eigenvalue weighted by Crippen LogP contribution is -2.38. The van der Waals surface area contributed by atoms with E-state index in [0.29, 0.717) is 19.3 Å². The monoisotopic (exact) mass is 363 g/mol. The van der Waals surface area contributed by atoms with Crippen molar-refractivity contribution in [3.8, 4) is 5.75 Å². The molecule has 1 aromatic rings. The summed E-state index contributed by atoms with van der Waals surface area (Å²) in [5.41, 5.74) is 2.26. The topological polar surface area (TPSA) is 64.1 Å². The molecule has 0 aliphatic carbocycles. The fraction of sp³-hybridized carbons (Fsp3) is 0.650. The van der Waals surface area contributed by atoms with Crippen molar-refractivity contribution in [1.29, 1.82) is 0 Å². The minimum atomic E-state index is 0.298. The molecule has 1 unspecified atom stereocenters. The van der Waals surface area contributed by atoms with Gasteiger partial charge in [0.05, 0.1) is 26.4 Å². The molecule has 0 spiro atoms. The Labute approximate surface area is 157 Å². The van der Waals surface area contributed by atoms with E-state index < -0.39 is 0 Å². The number of rotatable bonds is 10. The second-order valence-electron chi connectivity index (χ2n) is 6.50. The van der Waals surface area contributed by atoms with Crippen molar-refractivity contribution >= 4 is 5.96 Å². The SMILES string of the molecule is CCNC(=NCc1ccc(C)cc1OC)NCCCOCC1CCCO1. The van der Waals surface area contributed by atoms with Gasteiger partial charge in [-0.05, 0) is 44.7 Å². The van der Waals surface area contributed by atoms with Crippen LogP contribution in [0.5, 0.6) is 5.75 Å². The first-order valence-corrected chi connectivity index (χ1v) is 9.58. The zero-order chi connectivity index (χ0) is 18.6. The predicted octanol–water partition coefficient (Wildman–Crippen LogP) is 2.64. The number of hydrogen-bond acceptors (Lipinski definition) is 4. The maximum Gasteiger partial charge on any atom is 0.191 e. The number of aryl methyl sites for hydroxylation is 1. The Morgan fingerprint density at radius 3 is 2.96 bits per heavy atom. The van der Waals surface area contributed by atoms with E-state index in [4.69, 9.17) is 14.2 Å². The summed E-state index contributed by atoms with van der Waals surface area (Å²) in [6.07, 6.45) is 3.51. The van der Waals surface area contributed by atoms with Crippen LogP contribution in [0.15, 0.2) is 23.2 Å². The summed E-state index contributed by atoms with van der Waals surface area (Å²) in [4.78, 5) is 4.66. The van der Waals surface area contributed by atoms with E-state index in [1.807, 2.05) is 6.07 Å². The fourth-order valence-electron chi connectivity index (χ4n) is 2.86. The number of guanidine groups is 1. The molecule has 0 saturated carbocycles. The van der Waals surface area contributed by atoms with Crippen LogP contribution in [0.25, 0.3) is 0 Å². The third-order valence-corrected chi connectivity index (χ3v) is 4.28. The Balaban J connectivity index is 1.72. The summed E-state index contributed by atoms with van der Waals surface area (Å²) >= 11 is 0. The Morgan fingerprint density at radius 1 is 1.35 bits per heavy atom. The molecule has 0 bridgehead atoms. The van der Waals surface area contributed by atoms with Gasteiger partial charge in [-0.3, -0.25) is 0 Å². The van der Waals surface area contributed by atoms with Gasteiger partial charge in [0.15, 0.2) is 5.96 Å². The summed E-state index contributed by atoms with van der Waals surface area (Å²) in [7, 11) is 1.70. The molecular weight excluding hydrogens is 330 g/mol. The molecule has 1 aliphatic rings. The molecule has 6 nitrogen and oxygen atoms in total. The largest absolute Gasteiger partial charge is 0.496 e. The molecule has 1 atom stereocenters. The average Bonchev–Trinajstić information content (AvgIpc) is 3.16. The van der Waals surface area contributed by atoms with Crippen LogP contribution in [-0.4, -0.2) is 52.1 Å². The van der Waals surface area contributed by atoms with Crippen LogP contribution in [0.4, 0.5) is 0 Å². The highest BCUT2D eigenvalue weighted by Crippen LogP contribution is 2.20. The van der Waals surface area contributed by atoms with Crippen molar-refractivity contribution in [2.75, 3.05) is 40.0 Å². The first kappa shape index (κ1) is 20.5. The van der Waals surface area contributed by atoms with Gasteiger partial charge in [0.2, 0.25) is 0 Å². The van der Waals surface area contributed by atoms with Crippen LogP contribution in [0, 0.1) is 6.92 Å². The minimum absolute atomic E-state index is 0.298. The van der Waals surface area contributed by atoms with Gasteiger partial charge in [-0.2, -0.15) is 0 Å². The van der Waals surface area contributed by atoms with Crippen molar-refractivity contribution in [2.24, 2.45) is 4.99 Å². The second-order valence-corrected chi connectivity index (χ2v) is 6.50. The van der Waals surface area contributed by atoms with Crippen LogP contribution < -0.4 is 15.4 Å². The smallest absolute Gasteiger partial charge is 0.191 e. The molecule has 1 aliphatic heterocycles. The van der Waals surface area contributed by atoms with Crippen LogP contribution in [0.3, 0.4) is 0 Å². The number of nitrogens with zero attached hydrogens (tertiary/aromatic N) is 1. The van der Waals surface area contributed by atoms with E-state index in [0.717, 1.165) is 62.8 Å². The fourth-order valence-corrected chi connectivity index (χ4v) is 2.86. The van der Waals surface area contributed by atoms with Gasteiger partial charge in [-0.25, -0.2) is 4.99 Å². The lowest BCUT2D eigenvalue weighted by Gasteiger charge is -2.13. The van der Waals surface area contributed by atoms with Gasteiger partial charge < -0.3 is 24.8 Å². The van der Waals surface area contributed by atoms with Crippen LogP contribution in [-0.2, 0) is 16.0 Å². The van der Waals surface area contributed by atoms with Gasteiger partial charge in [-0.15, -0.1) is 0 Å². The first-order valence-electron chi connectivity index (χ1n) is 9.58. The molecule has 0 radical (unpaired) electrons. The van der Waals surface area contributed by atoms with Gasteiger partial charge in [0.1, 0.15) is 5.75 Å². The van der Waals surface area contributed by atoms with Crippen LogP contribution >= 0.6 is 0 Å². The molecule has 1 heterocycles. The van der Waals surface area contributed by atoms with E-state index in [2.05, 4.69) is 41.6 Å². The second kappa shape index (κ2) is 11.8. The van der Waals surface area contributed by atoms with E-state index in [1.165, 1.54) is 5.56 Å². The highest BCUT2D eigenvalue weighted by molar-refractivity contribution is 5.79. The lowest BCUT2D eigenvalue weighted by atomic mass is 10.1. The molecule has 1 saturated heterocycles. The highest BCUT2D eigenvalue weighted by Gasteiger charge is 2.14. The minimum Gasteiger partial charge on any atom is -0.496 e. The summed E-state index contributed by atoms with van der Waals surface area (Å²) in [6, 6.07) is 6.19. The molecule has 0 amide bonds. The van der Waals surface area contributed by atoms with E-state index in [1.54, 1.807) is 7.11 Å². The number of nitrogens with one attached hydrogen (secondary N) is 2.